The second kappa shape index (κ2) is 17.3. The van der Waals surface area contributed by atoms with E-state index in [0.717, 1.165) is 33.9 Å². The van der Waals surface area contributed by atoms with Crippen LogP contribution >= 0.6 is 0 Å². The molecular weight excluding hydrogens is 765 g/mol. The minimum atomic E-state index is -0.386. The number of rotatable bonds is 14. The molecule has 0 amide bonds. The van der Waals surface area contributed by atoms with Gasteiger partial charge in [-0.3, -0.25) is 25.0 Å². The SMILES string of the molecule is Cc1cccc(N2CCN(c3ccc([N+](=O)[O-])c(NCc4ccco4)c3)CC2)c1C(=O)c1c(C)cccc1N1CCN(c2ccc([N+](=O)[O-])c(NCc3ccco3)c2)CC1. The van der Waals surface area contributed by atoms with Gasteiger partial charge in [-0.25, -0.2) is 0 Å². The Morgan fingerprint density at radius 2 is 0.967 bits per heavy atom. The molecule has 15 heteroatoms. The van der Waals surface area contributed by atoms with Crippen LogP contribution in [0, 0.1) is 34.1 Å². The van der Waals surface area contributed by atoms with Gasteiger partial charge in [0.15, 0.2) is 5.78 Å². The molecule has 2 aliphatic heterocycles. The molecule has 0 spiro atoms. The van der Waals surface area contributed by atoms with E-state index >= 15 is 0 Å². The number of aryl methyl sites for hydroxylation is 2. The van der Waals surface area contributed by atoms with Crippen molar-refractivity contribution in [3.8, 4) is 0 Å². The number of ketones is 1. The van der Waals surface area contributed by atoms with Gasteiger partial charge in [-0.05, 0) is 85.6 Å². The standard InChI is InChI=1S/C45H46N8O7/c1-31-7-3-11-41(50-21-17-48(18-22-50)33-13-15-39(52(55)56)37(27-33)46-29-35-9-5-25-59-35)43(31)45(54)44-32(2)8-4-12-42(44)51-23-19-49(20-24-51)34-14-16-40(53(57)58)38(28-34)47-30-36-10-6-26-60-36/h3-16,25-28,46-47H,17-24,29-30H2,1-2H3. The van der Waals surface area contributed by atoms with Crippen LogP contribution in [0.2, 0.25) is 0 Å². The Hall–Kier alpha value is -7.29. The monoisotopic (exact) mass is 810 g/mol. The maximum atomic E-state index is 14.9. The van der Waals surface area contributed by atoms with E-state index in [9.17, 15) is 25.0 Å². The van der Waals surface area contributed by atoms with Crippen LogP contribution in [-0.2, 0) is 13.1 Å². The van der Waals surface area contributed by atoms with Crippen molar-refractivity contribution >= 4 is 51.3 Å². The zero-order valence-corrected chi connectivity index (χ0v) is 33.5. The van der Waals surface area contributed by atoms with E-state index in [1.54, 1.807) is 36.8 Å². The van der Waals surface area contributed by atoms with Gasteiger partial charge < -0.3 is 39.1 Å². The van der Waals surface area contributed by atoms with Gasteiger partial charge in [0.2, 0.25) is 0 Å². The van der Waals surface area contributed by atoms with Crippen LogP contribution in [0.3, 0.4) is 0 Å². The Kier molecular flexibility index (Phi) is 11.4. The molecular formula is C45H46N8O7. The number of carbonyl (C=O) groups is 1. The lowest BCUT2D eigenvalue weighted by Gasteiger charge is -2.39. The van der Waals surface area contributed by atoms with Crippen LogP contribution < -0.4 is 30.2 Å². The van der Waals surface area contributed by atoms with Gasteiger partial charge in [-0.15, -0.1) is 0 Å². The van der Waals surface area contributed by atoms with Crippen LogP contribution in [0.15, 0.2) is 118 Å². The summed E-state index contributed by atoms with van der Waals surface area (Å²) in [5, 5.41) is 30.0. The van der Waals surface area contributed by atoms with E-state index in [2.05, 4.69) is 30.2 Å². The number of hydrogen-bond acceptors (Lipinski definition) is 13. The second-order valence-electron chi connectivity index (χ2n) is 15.0. The number of furan rings is 2. The van der Waals surface area contributed by atoms with Crippen molar-refractivity contribution in [1.82, 2.24) is 0 Å². The maximum absolute atomic E-state index is 14.9. The average molecular weight is 811 g/mol. The first-order valence-corrected chi connectivity index (χ1v) is 20.0. The Morgan fingerprint density at radius 3 is 1.33 bits per heavy atom. The van der Waals surface area contributed by atoms with Gasteiger partial charge in [0, 0.05) is 98.4 Å². The number of benzene rings is 4. The fourth-order valence-corrected chi connectivity index (χ4v) is 8.19. The van der Waals surface area contributed by atoms with Crippen molar-refractivity contribution in [2.24, 2.45) is 0 Å². The molecule has 2 N–H and O–H groups in total. The molecule has 6 aromatic rings. The molecule has 308 valence electrons. The highest BCUT2D eigenvalue weighted by atomic mass is 16.6. The number of carbonyl (C=O) groups excluding carboxylic acids is 1. The van der Waals surface area contributed by atoms with Crippen molar-refractivity contribution in [3.05, 3.63) is 164 Å². The summed E-state index contributed by atoms with van der Waals surface area (Å²) in [7, 11) is 0. The topological polar surface area (TPSA) is 167 Å². The first-order valence-electron chi connectivity index (χ1n) is 20.0. The lowest BCUT2D eigenvalue weighted by Crippen LogP contribution is -2.47. The number of hydrogen-bond donors (Lipinski definition) is 2. The van der Waals surface area contributed by atoms with Crippen molar-refractivity contribution in [2.45, 2.75) is 26.9 Å². The molecule has 2 saturated heterocycles. The van der Waals surface area contributed by atoms with E-state index < -0.39 is 0 Å². The van der Waals surface area contributed by atoms with Crippen LogP contribution in [0.1, 0.15) is 38.6 Å². The predicted octanol–water partition coefficient (Wildman–Crippen LogP) is 8.41. The van der Waals surface area contributed by atoms with Crippen molar-refractivity contribution in [2.75, 3.05) is 82.6 Å². The van der Waals surface area contributed by atoms with E-state index in [1.807, 2.05) is 74.5 Å². The Bertz CT molecular complexity index is 2320. The molecule has 0 saturated carbocycles. The van der Waals surface area contributed by atoms with Crippen LogP contribution in [0.4, 0.5) is 45.5 Å². The van der Waals surface area contributed by atoms with Crippen LogP contribution in [0.5, 0.6) is 0 Å². The number of nitrogens with zero attached hydrogens (tertiary/aromatic N) is 6. The van der Waals surface area contributed by atoms with Gasteiger partial charge in [0.05, 0.1) is 35.5 Å². The minimum Gasteiger partial charge on any atom is -0.467 e. The van der Waals surface area contributed by atoms with Gasteiger partial charge in [-0.2, -0.15) is 0 Å². The summed E-state index contributed by atoms with van der Waals surface area (Å²) >= 11 is 0. The Balaban J connectivity index is 0.972. The fourth-order valence-electron chi connectivity index (χ4n) is 8.19. The third kappa shape index (κ3) is 8.32. The zero-order valence-electron chi connectivity index (χ0n) is 33.5. The molecule has 0 atom stereocenters. The van der Waals surface area contributed by atoms with Gasteiger partial charge in [-0.1, -0.05) is 24.3 Å². The molecule has 2 aromatic heterocycles. The van der Waals surface area contributed by atoms with Crippen LogP contribution in [-0.4, -0.2) is 68.0 Å². The molecule has 0 unspecified atom stereocenters. The van der Waals surface area contributed by atoms with Crippen LogP contribution in [0.25, 0.3) is 0 Å². The highest BCUT2D eigenvalue weighted by molar-refractivity contribution is 6.17. The largest absolute Gasteiger partial charge is 0.467 e. The summed E-state index contributed by atoms with van der Waals surface area (Å²) in [6.07, 6.45) is 3.14. The molecule has 4 aromatic carbocycles. The summed E-state index contributed by atoms with van der Waals surface area (Å²) in [6, 6.07) is 29.5. The summed E-state index contributed by atoms with van der Waals surface area (Å²) in [6.45, 7) is 9.87. The number of nitrogens with one attached hydrogen (secondary N) is 2. The average Bonchev–Trinajstić information content (AvgIpc) is 4.00. The first-order chi connectivity index (χ1) is 29.1. The van der Waals surface area contributed by atoms with Crippen molar-refractivity contribution < 1.29 is 23.5 Å². The maximum Gasteiger partial charge on any atom is 0.292 e. The zero-order chi connectivity index (χ0) is 41.8. The minimum absolute atomic E-state index is 0.00202. The summed E-state index contributed by atoms with van der Waals surface area (Å²) < 4.78 is 10.8. The number of piperazine rings is 2. The highest BCUT2D eigenvalue weighted by Gasteiger charge is 2.29. The Morgan fingerprint density at radius 1 is 0.567 bits per heavy atom. The summed E-state index contributed by atoms with van der Waals surface area (Å²) in [5.74, 6) is 1.33. The molecule has 15 nitrogen and oxygen atoms in total. The molecule has 0 bridgehead atoms. The quantitative estimate of drug-likeness (QED) is 0.0612. The molecule has 60 heavy (non-hydrogen) atoms. The van der Waals surface area contributed by atoms with Gasteiger partial charge in [0.25, 0.3) is 11.4 Å². The van der Waals surface area contributed by atoms with Crippen molar-refractivity contribution in [3.63, 3.8) is 0 Å². The summed E-state index contributed by atoms with van der Waals surface area (Å²) in [5.41, 5.74) is 7.53. The van der Waals surface area contributed by atoms with E-state index in [0.29, 0.717) is 99.5 Å². The predicted molar refractivity (Wildman–Crippen MR) is 233 cm³/mol. The fraction of sp³-hybridized carbons (Fsp3) is 0.267. The lowest BCUT2D eigenvalue weighted by atomic mass is 9.92. The molecule has 2 fully saturated rings. The molecule has 4 heterocycles. The van der Waals surface area contributed by atoms with Gasteiger partial charge >= 0.3 is 0 Å². The third-order valence-corrected chi connectivity index (χ3v) is 11.3. The smallest absolute Gasteiger partial charge is 0.292 e. The van der Waals surface area contributed by atoms with Crippen molar-refractivity contribution in [1.29, 1.82) is 0 Å². The second-order valence-corrected chi connectivity index (χ2v) is 15.0. The third-order valence-electron chi connectivity index (χ3n) is 11.3. The lowest BCUT2D eigenvalue weighted by molar-refractivity contribution is -0.384. The molecule has 0 aliphatic carbocycles. The number of nitro benzene ring substituents is 2. The van der Waals surface area contributed by atoms with E-state index in [-0.39, 0.29) is 27.0 Å². The van der Waals surface area contributed by atoms with E-state index in [1.165, 1.54) is 12.1 Å². The van der Waals surface area contributed by atoms with E-state index in [4.69, 9.17) is 8.83 Å². The molecule has 0 radical (unpaired) electrons. The normalized spacial score (nSPS) is 14.3. The highest BCUT2D eigenvalue weighted by Crippen LogP contribution is 2.36. The Labute approximate surface area is 347 Å². The summed E-state index contributed by atoms with van der Waals surface area (Å²) in [4.78, 5) is 46.8. The number of anilines is 6. The first kappa shape index (κ1) is 39.5. The molecule has 2 aliphatic rings. The van der Waals surface area contributed by atoms with Gasteiger partial charge in [0.1, 0.15) is 22.9 Å². The molecule has 8 rings (SSSR count). The number of nitro groups is 2.